The summed E-state index contributed by atoms with van der Waals surface area (Å²) in [4.78, 5) is 26.8. The minimum Gasteiger partial charge on any atom is -0.457 e. The molecule has 0 fully saturated rings. The number of nitrogen functional groups attached to an aromatic ring is 1. The van der Waals surface area contributed by atoms with E-state index in [1.165, 1.54) is 23.1 Å². The van der Waals surface area contributed by atoms with Crippen LogP contribution in [-0.2, 0) is 22.9 Å². The number of carbonyl (C=O) groups is 2. The van der Waals surface area contributed by atoms with Gasteiger partial charge in [-0.2, -0.15) is 0 Å². The van der Waals surface area contributed by atoms with Crippen molar-refractivity contribution < 1.29 is 14.3 Å². The van der Waals surface area contributed by atoms with Crippen LogP contribution in [0.5, 0.6) is 11.5 Å². The van der Waals surface area contributed by atoms with Crippen molar-refractivity contribution in [3.05, 3.63) is 130 Å². The fourth-order valence-corrected chi connectivity index (χ4v) is 5.77. The van der Waals surface area contributed by atoms with Gasteiger partial charge in [-0.1, -0.05) is 104 Å². The summed E-state index contributed by atoms with van der Waals surface area (Å²) in [7, 11) is 0. The minimum absolute atomic E-state index is 0.0565. The lowest BCUT2D eigenvalue weighted by atomic mass is 9.81. The first-order valence-electron chi connectivity index (χ1n) is 16.9. The van der Waals surface area contributed by atoms with Gasteiger partial charge in [-0.15, -0.1) is 0 Å². The van der Waals surface area contributed by atoms with Crippen LogP contribution in [0.25, 0.3) is 0 Å². The fourth-order valence-electron chi connectivity index (χ4n) is 5.77. The Morgan fingerprint density at radius 2 is 1.31 bits per heavy atom. The summed E-state index contributed by atoms with van der Waals surface area (Å²) in [6.07, 6.45) is 1.19. The maximum atomic E-state index is 13.1. The molecule has 2 amide bonds. The normalized spacial score (nSPS) is 13.2. The summed E-state index contributed by atoms with van der Waals surface area (Å²) in [6.45, 7) is 22.3. The van der Waals surface area contributed by atoms with E-state index in [9.17, 15) is 9.59 Å². The standard InChI is InChI=1S/C28H31N3O3.C14H22/c1-27(2,3)20-7-11-22(12-8-20)34-23-13-9-21(10-14-23)28(4,5)31-17-19-16-18(25(32)30-29)6-15-24(19)26(31)33;1-6-14(4,5)13-9-7-12(8-10-13)11(2)3/h6-16H,17,29H2,1-5H3,(H,30,32);7-11H,6H2,1-5H3. The van der Waals surface area contributed by atoms with E-state index in [-0.39, 0.29) is 17.2 Å². The van der Waals surface area contributed by atoms with Gasteiger partial charge in [-0.3, -0.25) is 15.0 Å². The van der Waals surface area contributed by atoms with Crippen LogP contribution in [0.3, 0.4) is 0 Å². The second-order valence-electron chi connectivity index (χ2n) is 15.2. The van der Waals surface area contributed by atoms with Crippen LogP contribution in [0.4, 0.5) is 0 Å². The second-order valence-corrected chi connectivity index (χ2v) is 15.2. The van der Waals surface area contributed by atoms with Gasteiger partial charge in [0, 0.05) is 17.7 Å². The maximum absolute atomic E-state index is 13.1. The Kier molecular flexibility index (Phi) is 10.9. The van der Waals surface area contributed by atoms with E-state index >= 15 is 0 Å². The van der Waals surface area contributed by atoms with E-state index in [4.69, 9.17) is 10.6 Å². The van der Waals surface area contributed by atoms with E-state index in [2.05, 4.69) is 97.2 Å². The first-order chi connectivity index (χ1) is 22.5. The summed E-state index contributed by atoms with van der Waals surface area (Å²) < 4.78 is 6.03. The zero-order valence-electron chi connectivity index (χ0n) is 30.4. The number of nitrogens with one attached hydrogen (secondary N) is 1. The van der Waals surface area contributed by atoms with E-state index in [1.54, 1.807) is 18.2 Å². The number of hydrazine groups is 1. The summed E-state index contributed by atoms with van der Waals surface area (Å²) in [5.41, 5.74) is 8.97. The highest BCUT2D eigenvalue weighted by atomic mass is 16.5. The molecule has 4 aromatic carbocycles. The third kappa shape index (κ3) is 8.16. The summed E-state index contributed by atoms with van der Waals surface area (Å²) in [5.74, 6) is 6.96. The highest BCUT2D eigenvalue weighted by Gasteiger charge is 2.39. The molecule has 0 unspecified atom stereocenters. The lowest BCUT2D eigenvalue weighted by molar-refractivity contribution is 0.0568. The van der Waals surface area contributed by atoms with Gasteiger partial charge in [0.15, 0.2) is 0 Å². The first kappa shape index (κ1) is 36.4. The summed E-state index contributed by atoms with van der Waals surface area (Å²) >= 11 is 0. The maximum Gasteiger partial charge on any atom is 0.265 e. The molecule has 0 radical (unpaired) electrons. The monoisotopic (exact) mass is 647 g/mol. The van der Waals surface area contributed by atoms with Gasteiger partial charge in [0.2, 0.25) is 0 Å². The highest BCUT2D eigenvalue weighted by molar-refractivity contribution is 6.01. The van der Waals surface area contributed by atoms with Crippen molar-refractivity contribution in [3.63, 3.8) is 0 Å². The lowest BCUT2D eigenvalue weighted by Gasteiger charge is -2.36. The Morgan fingerprint density at radius 3 is 1.79 bits per heavy atom. The number of carbonyl (C=O) groups excluding carboxylic acids is 2. The van der Waals surface area contributed by atoms with Gasteiger partial charge in [-0.05, 0) is 107 Å². The Labute approximate surface area is 287 Å². The number of ether oxygens (including phenoxy) is 1. The van der Waals surface area contributed by atoms with Crippen molar-refractivity contribution in [3.8, 4) is 11.5 Å². The molecule has 48 heavy (non-hydrogen) atoms. The highest BCUT2D eigenvalue weighted by Crippen LogP contribution is 2.37. The average Bonchev–Trinajstić information content (AvgIpc) is 3.41. The molecule has 6 nitrogen and oxygen atoms in total. The SMILES string of the molecule is CC(C)(C)c1ccc(Oc2ccc(C(C)(C)N3Cc4cc(C(=O)NN)ccc4C3=O)cc2)cc1.CCC(C)(C)c1ccc(C(C)C)cc1. The van der Waals surface area contributed by atoms with Crippen molar-refractivity contribution in [2.24, 2.45) is 5.84 Å². The summed E-state index contributed by atoms with van der Waals surface area (Å²) in [6, 6.07) is 30.1. The number of nitrogens with zero attached hydrogens (tertiary/aromatic N) is 1. The van der Waals surface area contributed by atoms with E-state index in [1.807, 2.05) is 55.1 Å². The van der Waals surface area contributed by atoms with Gasteiger partial charge >= 0.3 is 0 Å². The Balaban J connectivity index is 0.000000312. The van der Waals surface area contributed by atoms with Crippen molar-refractivity contribution in [2.45, 2.75) is 104 Å². The molecular formula is C42H53N3O3. The Hall–Kier alpha value is -4.42. The fraction of sp³-hybridized carbons (Fsp3) is 0.381. The Morgan fingerprint density at radius 1 is 0.792 bits per heavy atom. The number of hydrogen-bond acceptors (Lipinski definition) is 4. The third-order valence-corrected chi connectivity index (χ3v) is 9.74. The molecule has 3 N–H and O–H groups in total. The molecule has 254 valence electrons. The van der Waals surface area contributed by atoms with Crippen LogP contribution in [0.2, 0.25) is 0 Å². The smallest absolute Gasteiger partial charge is 0.265 e. The number of amides is 2. The van der Waals surface area contributed by atoms with Crippen LogP contribution in [0.15, 0.2) is 91.0 Å². The number of benzene rings is 4. The van der Waals surface area contributed by atoms with Crippen molar-refractivity contribution in [1.29, 1.82) is 0 Å². The van der Waals surface area contributed by atoms with Gasteiger partial charge in [0.1, 0.15) is 11.5 Å². The van der Waals surface area contributed by atoms with Gasteiger partial charge in [-0.25, -0.2) is 5.84 Å². The zero-order valence-corrected chi connectivity index (χ0v) is 30.4. The van der Waals surface area contributed by atoms with Crippen LogP contribution in [-0.4, -0.2) is 16.7 Å². The molecule has 1 heterocycles. The second kappa shape index (κ2) is 14.4. The molecule has 0 aromatic heterocycles. The van der Waals surface area contributed by atoms with E-state index in [0.29, 0.717) is 29.0 Å². The molecule has 0 spiro atoms. The molecule has 1 aliphatic rings. The molecule has 6 heteroatoms. The molecule has 0 atom stereocenters. The van der Waals surface area contributed by atoms with Gasteiger partial charge in [0.25, 0.3) is 11.8 Å². The lowest BCUT2D eigenvalue weighted by Crippen LogP contribution is -2.41. The number of nitrogens with two attached hydrogens (primary N) is 1. The summed E-state index contributed by atoms with van der Waals surface area (Å²) in [5, 5.41) is 0. The molecule has 0 bridgehead atoms. The van der Waals surface area contributed by atoms with Crippen molar-refractivity contribution in [1.82, 2.24) is 10.3 Å². The minimum atomic E-state index is -0.556. The first-order valence-corrected chi connectivity index (χ1v) is 16.9. The van der Waals surface area contributed by atoms with Gasteiger partial charge in [0.05, 0.1) is 5.54 Å². The third-order valence-electron chi connectivity index (χ3n) is 9.74. The van der Waals surface area contributed by atoms with Crippen LogP contribution >= 0.6 is 0 Å². The van der Waals surface area contributed by atoms with E-state index in [0.717, 1.165) is 22.6 Å². The number of rotatable bonds is 8. The van der Waals surface area contributed by atoms with Crippen LogP contribution in [0.1, 0.15) is 130 Å². The predicted molar refractivity (Wildman–Crippen MR) is 197 cm³/mol. The van der Waals surface area contributed by atoms with Crippen LogP contribution in [0, 0.1) is 0 Å². The largest absolute Gasteiger partial charge is 0.457 e. The quantitative estimate of drug-likeness (QED) is 0.113. The predicted octanol–water partition coefficient (Wildman–Crippen LogP) is 9.77. The zero-order chi connectivity index (χ0) is 35.4. The molecule has 0 saturated carbocycles. The number of fused-ring (bicyclic) bond motifs is 1. The molecular weight excluding hydrogens is 594 g/mol. The molecule has 0 aliphatic carbocycles. The van der Waals surface area contributed by atoms with Gasteiger partial charge < -0.3 is 9.64 Å². The average molecular weight is 648 g/mol. The molecule has 5 rings (SSSR count). The van der Waals surface area contributed by atoms with Crippen molar-refractivity contribution >= 4 is 11.8 Å². The van der Waals surface area contributed by atoms with Crippen LogP contribution < -0.4 is 16.0 Å². The Bertz CT molecular complexity index is 1710. The van der Waals surface area contributed by atoms with Crippen molar-refractivity contribution in [2.75, 3.05) is 0 Å². The topological polar surface area (TPSA) is 84.7 Å². The molecule has 1 aliphatic heterocycles. The van der Waals surface area contributed by atoms with E-state index < -0.39 is 5.54 Å². The molecule has 4 aromatic rings. The number of hydrogen-bond donors (Lipinski definition) is 2. The molecule has 0 saturated heterocycles.